The molecule has 3 heterocycles. The molecule has 8 heteroatoms. The molecular formula is C12H13BrN4O3. The van der Waals surface area contributed by atoms with E-state index in [0.29, 0.717) is 29.7 Å². The van der Waals surface area contributed by atoms with Gasteiger partial charge in [-0.3, -0.25) is 4.79 Å². The van der Waals surface area contributed by atoms with Crippen molar-refractivity contribution < 1.29 is 14.3 Å². The lowest BCUT2D eigenvalue weighted by Crippen LogP contribution is -2.39. The summed E-state index contributed by atoms with van der Waals surface area (Å²) in [5, 5.41) is 18.1. The number of likely N-dealkylation sites (tertiary alicyclic amines) is 1. The zero-order valence-corrected chi connectivity index (χ0v) is 12.2. The highest BCUT2D eigenvalue weighted by atomic mass is 79.9. The number of carbonyl (C=O) groups excluding carboxylic acids is 1. The third kappa shape index (κ3) is 2.61. The van der Waals surface area contributed by atoms with Crippen molar-refractivity contribution in [2.75, 3.05) is 13.1 Å². The van der Waals surface area contributed by atoms with Crippen LogP contribution < -0.4 is 0 Å². The summed E-state index contributed by atoms with van der Waals surface area (Å²) >= 11 is 3.17. The van der Waals surface area contributed by atoms with Gasteiger partial charge in [-0.2, -0.15) is 0 Å². The number of hydrogen-bond donors (Lipinski definition) is 1. The minimum absolute atomic E-state index is 0.144. The first kappa shape index (κ1) is 13.3. The summed E-state index contributed by atoms with van der Waals surface area (Å²) in [6.45, 7) is 1.10. The number of nitrogens with zero attached hydrogens (tertiary/aromatic N) is 4. The fourth-order valence-electron chi connectivity index (χ4n) is 2.38. The molecule has 3 rings (SSSR count). The number of halogens is 1. The van der Waals surface area contributed by atoms with Gasteiger partial charge in [0, 0.05) is 18.8 Å². The Labute approximate surface area is 123 Å². The van der Waals surface area contributed by atoms with Gasteiger partial charge in [-0.1, -0.05) is 5.21 Å². The zero-order valence-electron chi connectivity index (χ0n) is 10.6. The monoisotopic (exact) mass is 340 g/mol. The average molecular weight is 341 g/mol. The molecule has 106 valence electrons. The van der Waals surface area contributed by atoms with Crippen LogP contribution in [0.5, 0.6) is 0 Å². The molecule has 0 bridgehead atoms. The fourth-order valence-corrected chi connectivity index (χ4v) is 2.72. The third-order valence-electron chi connectivity index (χ3n) is 3.36. The van der Waals surface area contributed by atoms with E-state index in [2.05, 4.69) is 26.2 Å². The topological polar surface area (TPSA) is 84.4 Å². The smallest absolute Gasteiger partial charge is 0.257 e. The lowest BCUT2D eigenvalue weighted by molar-refractivity contribution is 0.0266. The van der Waals surface area contributed by atoms with Gasteiger partial charge in [-0.25, -0.2) is 4.68 Å². The van der Waals surface area contributed by atoms with Crippen LogP contribution in [0.15, 0.2) is 33.8 Å². The maximum atomic E-state index is 12.2. The molecule has 1 atom stereocenters. The normalized spacial score (nSPS) is 22.4. The minimum Gasteiger partial charge on any atom is -0.457 e. The van der Waals surface area contributed by atoms with E-state index in [0.717, 1.165) is 0 Å². The highest BCUT2D eigenvalue weighted by Crippen LogP contribution is 2.25. The Morgan fingerprint density at radius 1 is 1.60 bits per heavy atom. The molecule has 7 nitrogen and oxygen atoms in total. The zero-order chi connectivity index (χ0) is 14.2. The van der Waals surface area contributed by atoms with E-state index in [-0.39, 0.29) is 12.5 Å². The second-order valence-corrected chi connectivity index (χ2v) is 5.72. The second-order valence-electron chi connectivity index (χ2n) is 4.94. The minimum atomic E-state index is -0.968. The van der Waals surface area contributed by atoms with Crippen LogP contribution in [0.1, 0.15) is 16.8 Å². The number of aliphatic hydroxyl groups is 1. The maximum absolute atomic E-state index is 12.2. The summed E-state index contributed by atoms with van der Waals surface area (Å²) in [7, 11) is 0. The van der Waals surface area contributed by atoms with Gasteiger partial charge in [0.1, 0.15) is 11.9 Å². The molecule has 1 aliphatic heterocycles. The van der Waals surface area contributed by atoms with E-state index in [9.17, 15) is 9.90 Å². The number of hydrogen-bond acceptors (Lipinski definition) is 5. The van der Waals surface area contributed by atoms with Crippen LogP contribution >= 0.6 is 15.9 Å². The van der Waals surface area contributed by atoms with Gasteiger partial charge in [-0.15, -0.1) is 5.10 Å². The van der Waals surface area contributed by atoms with Gasteiger partial charge in [0.15, 0.2) is 4.67 Å². The summed E-state index contributed by atoms with van der Waals surface area (Å²) in [5.74, 6) is -0.144. The quantitative estimate of drug-likeness (QED) is 0.897. The van der Waals surface area contributed by atoms with Crippen molar-refractivity contribution in [1.82, 2.24) is 19.9 Å². The van der Waals surface area contributed by atoms with Gasteiger partial charge >= 0.3 is 0 Å². The summed E-state index contributed by atoms with van der Waals surface area (Å²) in [6.07, 6.45) is 5.17. The van der Waals surface area contributed by atoms with E-state index in [1.54, 1.807) is 28.0 Å². The Hall–Kier alpha value is -1.67. The molecular weight excluding hydrogens is 328 g/mol. The SMILES string of the molecule is O=C(c1coc(Br)c1)N1CCC(O)(Cn2ccnn2)C1. The van der Waals surface area contributed by atoms with Crippen molar-refractivity contribution in [2.24, 2.45) is 0 Å². The molecule has 1 amide bonds. The van der Waals surface area contributed by atoms with Crippen LogP contribution in [-0.2, 0) is 6.54 Å². The summed E-state index contributed by atoms with van der Waals surface area (Å²) in [4.78, 5) is 13.9. The van der Waals surface area contributed by atoms with Crippen LogP contribution in [0.2, 0.25) is 0 Å². The van der Waals surface area contributed by atoms with Gasteiger partial charge < -0.3 is 14.4 Å². The lowest BCUT2D eigenvalue weighted by Gasteiger charge is -2.22. The van der Waals surface area contributed by atoms with Crippen molar-refractivity contribution in [3.8, 4) is 0 Å². The molecule has 1 aliphatic rings. The van der Waals surface area contributed by atoms with Gasteiger partial charge in [0.05, 0.1) is 24.8 Å². The van der Waals surface area contributed by atoms with Crippen LogP contribution in [0.4, 0.5) is 0 Å². The highest BCUT2D eigenvalue weighted by Gasteiger charge is 2.39. The number of aromatic nitrogens is 3. The van der Waals surface area contributed by atoms with Crippen LogP contribution in [0.25, 0.3) is 0 Å². The molecule has 1 saturated heterocycles. The van der Waals surface area contributed by atoms with Crippen molar-refractivity contribution in [2.45, 2.75) is 18.6 Å². The van der Waals surface area contributed by atoms with E-state index in [1.165, 1.54) is 6.26 Å². The fraction of sp³-hybridized carbons (Fsp3) is 0.417. The van der Waals surface area contributed by atoms with Crippen LogP contribution in [-0.4, -0.2) is 49.6 Å². The molecule has 0 radical (unpaired) electrons. The Bertz CT molecular complexity index is 612. The first-order chi connectivity index (χ1) is 9.56. The van der Waals surface area contributed by atoms with E-state index in [4.69, 9.17) is 4.42 Å². The second kappa shape index (κ2) is 5.02. The molecule has 20 heavy (non-hydrogen) atoms. The first-order valence-corrected chi connectivity index (χ1v) is 6.95. The van der Waals surface area contributed by atoms with Crippen molar-refractivity contribution in [1.29, 1.82) is 0 Å². The summed E-state index contributed by atoms with van der Waals surface area (Å²) in [6, 6.07) is 1.62. The Morgan fingerprint density at radius 2 is 2.45 bits per heavy atom. The van der Waals surface area contributed by atoms with E-state index >= 15 is 0 Å². The van der Waals surface area contributed by atoms with Crippen molar-refractivity contribution in [3.05, 3.63) is 35.0 Å². The molecule has 1 fully saturated rings. The number of β-amino-alcohol motifs (C(OH)–C–C–N with tert-alkyl or cyclic N) is 1. The summed E-state index contributed by atoms with van der Waals surface area (Å²) < 4.78 is 7.15. The average Bonchev–Trinajstić information content (AvgIpc) is 3.11. The molecule has 2 aromatic rings. The first-order valence-electron chi connectivity index (χ1n) is 6.16. The standard InChI is InChI=1S/C12H13BrN4O3/c13-10-5-9(6-20-10)11(18)16-3-1-12(19,7-16)8-17-4-2-14-15-17/h2,4-6,19H,1,3,7-8H2. The molecule has 1 N–H and O–H groups in total. The number of rotatable bonds is 3. The molecule has 1 unspecified atom stereocenters. The number of carbonyl (C=O) groups is 1. The van der Waals surface area contributed by atoms with Gasteiger partial charge in [-0.05, 0) is 22.4 Å². The largest absolute Gasteiger partial charge is 0.457 e. The molecule has 0 saturated carbocycles. The van der Waals surface area contributed by atoms with E-state index in [1.807, 2.05) is 0 Å². The van der Waals surface area contributed by atoms with Crippen LogP contribution in [0.3, 0.4) is 0 Å². The predicted molar refractivity (Wildman–Crippen MR) is 71.9 cm³/mol. The van der Waals surface area contributed by atoms with Crippen molar-refractivity contribution >= 4 is 21.8 Å². The Morgan fingerprint density at radius 3 is 3.10 bits per heavy atom. The van der Waals surface area contributed by atoms with Crippen LogP contribution in [0, 0.1) is 0 Å². The molecule has 0 aromatic carbocycles. The lowest BCUT2D eigenvalue weighted by atomic mass is 10.0. The van der Waals surface area contributed by atoms with Gasteiger partial charge in [0.2, 0.25) is 0 Å². The third-order valence-corrected chi connectivity index (χ3v) is 3.78. The molecule has 0 spiro atoms. The molecule has 2 aromatic heterocycles. The predicted octanol–water partition coefficient (Wildman–Crippen LogP) is 0.911. The molecule has 0 aliphatic carbocycles. The Balaban J connectivity index is 1.68. The maximum Gasteiger partial charge on any atom is 0.257 e. The van der Waals surface area contributed by atoms with Gasteiger partial charge in [0.25, 0.3) is 5.91 Å². The summed E-state index contributed by atoms with van der Waals surface area (Å²) in [5.41, 5.74) is -0.494. The highest BCUT2D eigenvalue weighted by molar-refractivity contribution is 9.10. The number of amides is 1. The Kier molecular flexibility index (Phi) is 3.35. The van der Waals surface area contributed by atoms with E-state index < -0.39 is 5.60 Å². The number of furan rings is 1. The van der Waals surface area contributed by atoms with Crippen molar-refractivity contribution in [3.63, 3.8) is 0 Å².